The van der Waals surface area contributed by atoms with Gasteiger partial charge >= 0.3 is 5.97 Å². The number of hydrogen-bond donors (Lipinski definition) is 1. The van der Waals surface area contributed by atoms with Gasteiger partial charge in [0, 0.05) is 25.5 Å². The molecule has 25 heavy (non-hydrogen) atoms. The van der Waals surface area contributed by atoms with Gasteiger partial charge in [-0.1, -0.05) is 30.3 Å². The number of hydrogen-bond acceptors (Lipinski definition) is 5. The van der Waals surface area contributed by atoms with Crippen LogP contribution in [0.4, 0.5) is 5.82 Å². The third-order valence-electron chi connectivity index (χ3n) is 3.60. The molecule has 1 aromatic heterocycles. The smallest absolute Gasteiger partial charge is 0.343 e. The number of ketones is 1. The molecule has 0 spiro atoms. The molecule has 7 heteroatoms. The van der Waals surface area contributed by atoms with Crippen LogP contribution in [0.25, 0.3) is 0 Å². The number of nitrogens with zero attached hydrogens (tertiary/aromatic N) is 2. The quantitative estimate of drug-likeness (QED) is 0.588. The van der Waals surface area contributed by atoms with E-state index in [4.69, 9.17) is 4.74 Å². The van der Waals surface area contributed by atoms with E-state index in [1.54, 1.807) is 38.2 Å². The summed E-state index contributed by atoms with van der Waals surface area (Å²) in [6.45, 7) is 1.94. The van der Waals surface area contributed by atoms with Gasteiger partial charge in [0.05, 0.1) is 12.8 Å². The van der Waals surface area contributed by atoms with Crippen molar-refractivity contribution >= 4 is 23.5 Å². The number of rotatable bonds is 8. The normalized spacial score (nSPS) is 10.3. The monoisotopic (exact) mass is 343 g/mol. The minimum absolute atomic E-state index is 0.00106. The van der Waals surface area contributed by atoms with E-state index >= 15 is 0 Å². The number of aryl methyl sites for hydroxylation is 1. The van der Waals surface area contributed by atoms with Gasteiger partial charge in [0.25, 0.3) is 0 Å². The molecule has 1 amide bonds. The van der Waals surface area contributed by atoms with Crippen LogP contribution in [0.5, 0.6) is 0 Å². The fourth-order valence-corrected chi connectivity index (χ4v) is 2.32. The molecule has 1 aromatic carbocycles. The number of Topliss-reactive ketones (excluding diaryl/α,β-unsaturated/α-hetero) is 1. The molecular formula is C18H21N3O4. The summed E-state index contributed by atoms with van der Waals surface area (Å²) >= 11 is 0. The van der Waals surface area contributed by atoms with E-state index in [0.29, 0.717) is 12.0 Å². The minimum Gasteiger partial charge on any atom is -0.462 e. The van der Waals surface area contributed by atoms with Crippen LogP contribution in [-0.4, -0.2) is 34.0 Å². The number of carbonyl (C=O) groups is 3. The van der Waals surface area contributed by atoms with Crippen LogP contribution in [0.2, 0.25) is 0 Å². The Labute approximate surface area is 146 Å². The maximum Gasteiger partial charge on any atom is 0.343 e. The van der Waals surface area contributed by atoms with Crippen molar-refractivity contribution in [2.45, 2.75) is 26.2 Å². The number of nitrogens with one attached hydrogen (secondary N) is 1. The SMILES string of the molecule is CCOC(=O)c1cnn(C)c1NC(=O)CCCC(=O)c1ccccc1. The van der Waals surface area contributed by atoms with Gasteiger partial charge in [-0.05, 0) is 13.3 Å². The summed E-state index contributed by atoms with van der Waals surface area (Å²) in [5.74, 6) is -0.529. The van der Waals surface area contributed by atoms with E-state index in [1.165, 1.54) is 10.9 Å². The van der Waals surface area contributed by atoms with Gasteiger partial charge in [-0.3, -0.25) is 14.3 Å². The second-order valence-electron chi connectivity index (χ2n) is 5.44. The average molecular weight is 343 g/mol. The molecule has 0 saturated heterocycles. The largest absolute Gasteiger partial charge is 0.462 e. The average Bonchev–Trinajstić information content (AvgIpc) is 2.96. The Bertz CT molecular complexity index is 753. The molecule has 2 rings (SSSR count). The van der Waals surface area contributed by atoms with Crippen molar-refractivity contribution < 1.29 is 19.1 Å². The Morgan fingerprint density at radius 2 is 1.88 bits per heavy atom. The van der Waals surface area contributed by atoms with Crippen LogP contribution < -0.4 is 5.32 Å². The van der Waals surface area contributed by atoms with Crippen molar-refractivity contribution in [2.75, 3.05) is 11.9 Å². The van der Waals surface area contributed by atoms with E-state index < -0.39 is 5.97 Å². The molecule has 2 aromatic rings. The predicted octanol–water partition coefficient (Wildman–Crippen LogP) is 2.59. The van der Waals surface area contributed by atoms with Crippen LogP contribution in [0, 0.1) is 0 Å². The van der Waals surface area contributed by atoms with Gasteiger partial charge in [-0.25, -0.2) is 4.79 Å². The van der Waals surface area contributed by atoms with Gasteiger partial charge in [0.15, 0.2) is 5.78 Å². The van der Waals surface area contributed by atoms with E-state index in [2.05, 4.69) is 10.4 Å². The van der Waals surface area contributed by atoms with Gasteiger partial charge in [-0.15, -0.1) is 0 Å². The van der Waals surface area contributed by atoms with Crippen LogP contribution >= 0.6 is 0 Å². The molecule has 0 aliphatic heterocycles. The Kier molecular flexibility index (Phi) is 6.45. The topological polar surface area (TPSA) is 90.3 Å². The van der Waals surface area contributed by atoms with Gasteiger partial charge < -0.3 is 10.1 Å². The highest BCUT2D eigenvalue weighted by Gasteiger charge is 2.19. The fourth-order valence-electron chi connectivity index (χ4n) is 2.32. The zero-order valence-corrected chi connectivity index (χ0v) is 14.3. The first kappa shape index (κ1) is 18.4. The lowest BCUT2D eigenvalue weighted by atomic mass is 10.1. The minimum atomic E-state index is -0.537. The molecular weight excluding hydrogens is 322 g/mol. The number of aromatic nitrogens is 2. The molecule has 132 valence electrons. The van der Waals surface area contributed by atoms with E-state index in [1.807, 2.05) is 6.07 Å². The number of carbonyl (C=O) groups excluding carboxylic acids is 3. The molecule has 0 bridgehead atoms. The molecule has 0 aliphatic carbocycles. The number of amides is 1. The molecule has 0 saturated carbocycles. The Morgan fingerprint density at radius 1 is 1.16 bits per heavy atom. The maximum atomic E-state index is 12.1. The first-order valence-electron chi connectivity index (χ1n) is 8.10. The summed E-state index contributed by atoms with van der Waals surface area (Å²) in [6, 6.07) is 8.96. The third kappa shape index (κ3) is 5.00. The Balaban J connectivity index is 1.88. The van der Waals surface area contributed by atoms with Crippen molar-refractivity contribution in [1.82, 2.24) is 9.78 Å². The van der Waals surface area contributed by atoms with Crippen LogP contribution in [0.15, 0.2) is 36.5 Å². The maximum absolute atomic E-state index is 12.1. The van der Waals surface area contributed by atoms with E-state index in [0.717, 1.165) is 0 Å². The molecule has 0 fully saturated rings. The van der Waals surface area contributed by atoms with Crippen molar-refractivity contribution in [2.24, 2.45) is 7.05 Å². The van der Waals surface area contributed by atoms with E-state index in [9.17, 15) is 14.4 Å². The van der Waals surface area contributed by atoms with Crippen molar-refractivity contribution in [3.8, 4) is 0 Å². The summed E-state index contributed by atoms with van der Waals surface area (Å²) in [5.41, 5.74) is 0.845. The first-order valence-corrected chi connectivity index (χ1v) is 8.10. The van der Waals surface area contributed by atoms with E-state index in [-0.39, 0.29) is 42.5 Å². The Hall–Kier alpha value is -2.96. The lowest BCUT2D eigenvalue weighted by Crippen LogP contribution is -2.17. The van der Waals surface area contributed by atoms with Crippen molar-refractivity contribution in [3.63, 3.8) is 0 Å². The predicted molar refractivity (Wildman–Crippen MR) is 92.4 cm³/mol. The Morgan fingerprint density at radius 3 is 2.56 bits per heavy atom. The zero-order valence-electron chi connectivity index (χ0n) is 14.3. The van der Waals surface area contributed by atoms with Gasteiger partial charge in [0.1, 0.15) is 11.4 Å². The molecule has 1 heterocycles. The van der Waals surface area contributed by atoms with Crippen LogP contribution in [0.3, 0.4) is 0 Å². The summed E-state index contributed by atoms with van der Waals surface area (Å²) < 4.78 is 6.34. The van der Waals surface area contributed by atoms with Crippen molar-refractivity contribution in [3.05, 3.63) is 47.7 Å². The number of esters is 1. The number of ether oxygens (including phenoxy) is 1. The second-order valence-corrected chi connectivity index (χ2v) is 5.44. The standard InChI is InChI=1S/C18H21N3O4/c1-3-25-18(24)14-12-19-21(2)17(14)20-16(23)11-7-10-15(22)13-8-5-4-6-9-13/h4-6,8-9,12H,3,7,10-11H2,1-2H3,(H,20,23). The molecule has 0 atom stereocenters. The highest BCUT2D eigenvalue weighted by molar-refractivity contribution is 6.00. The molecule has 1 N–H and O–H groups in total. The molecule has 7 nitrogen and oxygen atoms in total. The first-order chi connectivity index (χ1) is 12.0. The second kappa shape index (κ2) is 8.77. The number of benzene rings is 1. The van der Waals surface area contributed by atoms with Crippen LogP contribution in [-0.2, 0) is 16.6 Å². The lowest BCUT2D eigenvalue weighted by Gasteiger charge is -2.08. The summed E-state index contributed by atoms with van der Waals surface area (Å²) in [7, 11) is 1.62. The summed E-state index contributed by atoms with van der Waals surface area (Å²) in [6.07, 6.45) is 2.23. The van der Waals surface area contributed by atoms with Crippen LogP contribution in [0.1, 0.15) is 46.9 Å². The summed E-state index contributed by atoms with van der Waals surface area (Å²) in [5, 5.41) is 6.63. The highest BCUT2D eigenvalue weighted by Crippen LogP contribution is 2.16. The third-order valence-corrected chi connectivity index (χ3v) is 3.60. The molecule has 0 radical (unpaired) electrons. The lowest BCUT2D eigenvalue weighted by molar-refractivity contribution is -0.116. The zero-order chi connectivity index (χ0) is 18.2. The number of anilines is 1. The summed E-state index contributed by atoms with van der Waals surface area (Å²) in [4.78, 5) is 36.0. The molecule has 0 unspecified atom stereocenters. The van der Waals surface area contributed by atoms with Crippen molar-refractivity contribution in [1.29, 1.82) is 0 Å². The highest BCUT2D eigenvalue weighted by atomic mass is 16.5. The van der Waals surface area contributed by atoms with Gasteiger partial charge in [-0.2, -0.15) is 5.10 Å². The van der Waals surface area contributed by atoms with Gasteiger partial charge in [0.2, 0.25) is 5.91 Å². The fraction of sp³-hybridized carbons (Fsp3) is 0.333. The molecule has 0 aliphatic rings.